The van der Waals surface area contributed by atoms with E-state index in [4.69, 9.17) is 0 Å². The molecule has 0 aromatic heterocycles. The van der Waals surface area contributed by atoms with Crippen LogP contribution in [-0.4, -0.2) is 20.4 Å². The molecule has 4 saturated carbocycles. The first-order valence-corrected chi connectivity index (χ1v) is 14.8. The van der Waals surface area contributed by atoms with Crippen molar-refractivity contribution in [1.29, 1.82) is 0 Å². The van der Waals surface area contributed by atoms with Crippen molar-refractivity contribution in [2.45, 2.75) is 81.7 Å². The lowest BCUT2D eigenvalue weighted by Crippen LogP contribution is -2.55. The van der Waals surface area contributed by atoms with Crippen LogP contribution in [0, 0.1) is 23.2 Å². The third kappa shape index (κ3) is 4.33. The molecule has 4 fully saturated rings. The fourth-order valence-electron chi connectivity index (χ4n) is 8.08. The summed E-state index contributed by atoms with van der Waals surface area (Å²) in [5.74, 6) is 2.08. The van der Waals surface area contributed by atoms with Crippen molar-refractivity contribution in [2.24, 2.45) is 23.2 Å². The number of benzene rings is 2. The molecule has 0 spiro atoms. The van der Waals surface area contributed by atoms with Gasteiger partial charge in [-0.2, -0.15) is 0 Å². The van der Waals surface area contributed by atoms with E-state index >= 15 is 0 Å². The van der Waals surface area contributed by atoms with Gasteiger partial charge in [-0.25, -0.2) is 13.1 Å². The number of hydrogen-bond donors (Lipinski definition) is 2. The molecule has 0 heterocycles. The van der Waals surface area contributed by atoms with Crippen LogP contribution in [0.3, 0.4) is 0 Å². The van der Waals surface area contributed by atoms with Gasteiger partial charge in [-0.3, -0.25) is 4.79 Å². The van der Waals surface area contributed by atoms with E-state index in [2.05, 4.69) is 29.1 Å². The average Bonchev–Trinajstić information content (AvgIpc) is 2.83. The molecule has 5 aliphatic carbocycles. The fourth-order valence-corrected chi connectivity index (χ4v) is 9.48. The summed E-state index contributed by atoms with van der Waals surface area (Å²) in [6.07, 6.45) is 10.4. The van der Waals surface area contributed by atoms with Crippen LogP contribution >= 0.6 is 0 Å². The third-order valence-corrected chi connectivity index (χ3v) is 11.0. The molecule has 5 aliphatic rings. The Kier molecular flexibility index (Phi) is 5.80. The number of rotatable bonds is 6. The molecule has 2 N–H and O–H groups in total. The second-order valence-corrected chi connectivity index (χ2v) is 13.5. The maximum absolute atomic E-state index is 13.4. The maximum Gasteiger partial charge on any atom is 0.251 e. The molecule has 2 atom stereocenters. The number of carbonyl (C=O) groups is 1. The van der Waals surface area contributed by atoms with Gasteiger partial charge < -0.3 is 5.32 Å². The minimum absolute atomic E-state index is 0.0399. The molecule has 35 heavy (non-hydrogen) atoms. The Labute approximate surface area is 209 Å². The second-order valence-electron chi connectivity index (χ2n) is 11.8. The van der Waals surface area contributed by atoms with E-state index in [9.17, 15) is 13.2 Å². The monoisotopic (exact) mass is 492 g/mol. The third-order valence-electron chi connectivity index (χ3n) is 9.42. The number of aryl methyl sites for hydroxylation is 1. The number of fused-ring (bicyclic) bond motifs is 1. The Morgan fingerprint density at radius 1 is 0.971 bits per heavy atom. The zero-order valence-electron chi connectivity index (χ0n) is 20.5. The molecule has 4 bridgehead atoms. The molecule has 0 radical (unpaired) electrons. The highest BCUT2D eigenvalue weighted by molar-refractivity contribution is 7.89. The molecule has 0 aliphatic heterocycles. The van der Waals surface area contributed by atoms with Crippen LogP contribution in [-0.2, 0) is 16.4 Å². The van der Waals surface area contributed by atoms with Gasteiger partial charge in [0.25, 0.3) is 5.91 Å². The van der Waals surface area contributed by atoms with Gasteiger partial charge in [-0.05, 0) is 117 Å². The number of sulfonamides is 1. The summed E-state index contributed by atoms with van der Waals surface area (Å²) in [6, 6.07) is 14.6. The van der Waals surface area contributed by atoms with Gasteiger partial charge in [-0.1, -0.05) is 30.3 Å². The molecular weight excluding hydrogens is 456 g/mol. The van der Waals surface area contributed by atoms with E-state index < -0.39 is 10.0 Å². The lowest BCUT2D eigenvalue weighted by atomic mass is 9.48. The highest BCUT2D eigenvalue weighted by Crippen LogP contribution is 2.61. The van der Waals surface area contributed by atoms with Crippen LogP contribution in [0.1, 0.15) is 85.8 Å². The van der Waals surface area contributed by atoms with E-state index in [-0.39, 0.29) is 28.3 Å². The predicted molar refractivity (Wildman–Crippen MR) is 136 cm³/mol. The highest BCUT2D eigenvalue weighted by atomic mass is 32.2. The molecule has 0 saturated heterocycles. The Bertz CT molecular complexity index is 1200. The first-order chi connectivity index (χ1) is 16.8. The Morgan fingerprint density at radius 3 is 2.37 bits per heavy atom. The molecule has 6 heteroatoms. The SMILES string of the molecule is C[C@@H](NS(=O)(=O)c1cccc(C(=O)N[C@@H]2CCCc3ccccc32)c1)C12CC3CC(CC(C3)C1)C2. The second kappa shape index (κ2) is 8.74. The quantitative estimate of drug-likeness (QED) is 0.569. The minimum Gasteiger partial charge on any atom is -0.345 e. The normalized spacial score (nSPS) is 32.1. The van der Waals surface area contributed by atoms with Gasteiger partial charge in [0, 0.05) is 11.6 Å². The van der Waals surface area contributed by atoms with E-state index in [1.807, 2.05) is 12.1 Å². The Morgan fingerprint density at radius 2 is 1.66 bits per heavy atom. The maximum atomic E-state index is 13.4. The summed E-state index contributed by atoms with van der Waals surface area (Å²) in [7, 11) is -3.72. The van der Waals surface area contributed by atoms with Crippen molar-refractivity contribution in [3.05, 3.63) is 65.2 Å². The number of amides is 1. The Hall–Kier alpha value is -2.18. The minimum atomic E-state index is -3.72. The van der Waals surface area contributed by atoms with Crippen LogP contribution in [0.2, 0.25) is 0 Å². The van der Waals surface area contributed by atoms with Gasteiger partial charge >= 0.3 is 0 Å². The van der Waals surface area contributed by atoms with Crippen molar-refractivity contribution < 1.29 is 13.2 Å². The molecule has 0 unspecified atom stereocenters. The van der Waals surface area contributed by atoms with Gasteiger partial charge in [0.2, 0.25) is 10.0 Å². The van der Waals surface area contributed by atoms with Crippen LogP contribution < -0.4 is 10.0 Å². The van der Waals surface area contributed by atoms with Crippen molar-refractivity contribution >= 4 is 15.9 Å². The molecule has 7 rings (SSSR count). The average molecular weight is 493 g/mol. The van der Waals surface area contributed by atoms with E-state index in [0.29, 0.717) is 5.56 Å². The van der Waals surface area contributed by atoms with Crippen LogP contribution in [0.4, 0.5) is 0 Å². The molecule has 5 nitrogen and oxygen atoms in total. The molecule has 1 amide bonds. The van der Waals surface area contributed by atoms with Crippen molar-refractivity contribution in [1.82, 2.24) is 10.0 Å². The van der Waals surface area contributed by atoms with Crippen LogP contribution in [0.5, 0.6) is 0 Å². The van der Waals surface area contributed by atoms with Crippen molar-refractivity contribution in [2.75, 3.05) is 0 Å². The van der Waals surface area contributed by atoms with Gasteiger partial charge in [0.05, 0.1) is 10.9 Å². The lowest BCUT2D eigenvalue weighted by molar-refractivity contribution is -0.0666. The smallest absolute Gasteiger partial charge is 0.251 e. The zero-order chi connectivity index (χ0) is 24.2. The highest BCUT2D eigenvalue weighted by Gasteiger charge is 2.53. The van der Waals surface area contributed by atoms with Crippen LogP contribution in [0.15, 0.2) is 53.4 Å². The summed E-state index contributed by atoms with van der Waals surface area (Å²) >= 11 is 0. The Balaban J connectivity index is 1.18. The van der Waals surface area contributed by atoms with Gasteiger partial charge in [0.1, 0.15) is 0 Å². The topological polar surface area (TPSA) is 75.3 Å². The van der Waals surface area contributed by atoms with Gasteiger partial charge in [0.15, 0.2) is 0 Å². The van der Waals surface area contributed by atoms with Crippen molar-refractivity contribution in [3.8, 4) is 0 Å². The molecule has 2 aromatic rings. The summed E-state index contributed by atoms with van der Waals surface area (Å²) in [6.45, 7) is 2.06. The molecule has 186 valence electrons. The molecule has 2 aromatic carbocycles. The lowest BCUT2D eigenvalue weighted by Gasteiger charge is -2.59. The fraction of sp³-hybridized carbons (Fsp3) is 0.552. The zero-order valence-corrected chi connectivity index (χ0v) is 21.3. The number of hydrogen-bond acceptors (Lipinski definition) is 3. The van der Waals surface area contributed by atoms with E-state index in [1.165, 1.54) is 36.5 Å². The first kappa shape index (κ1) is 23.2. The summed E-state index contributed by atoms with van der Waals surface area (Å²) in [5, 5.41) is 3.15. The van der Waals surface area contributed by atoms with Crippen LogP contribution in [0.25, 0.3) is 0 Å². The van der Waals surface area contributed by atoms with E-state index in [0.717, 1.165) is 56.3 Å². The summed E-state index contributed by atoms with van der Waals surface area (Å²) in [4.78, 5) is 13.3. The first-order valence-electron chi connectivity index (χ1n) is 13.3. The van der Waals surface area contributed by atoms with Crippen molar-refractivity contribution in [3.63, 3.8) is 0 Å². The number of nitrogens with one attached hydrogen (secondary N) is 2. The van der Waals surface area contributed by atoms with Gasteiger partial charge in [-0.15, -0.1) is 0 Å². The number of carbonyl (C=O) groups excluding carboxylic acids is 1. The predicted octanol–water partition coefficient (Wildman–Crippen LogP) is 5.38. The standard InChI is InChI=1S/C29H36N2O3S/c1-19(29-16-20-12-21(17-29)14-22(13-20)18-29)31-35(33,34)25-9-4-8-24(15-25)28(32)30-27-11-5-7-23-6-2-3-10-26(23)27/h2-4,6,8-10,15,19-22,27,31H,5,7,11-14,16-18H2,1H3,(H,30,32)/t19-,20?,21?,22?,27-,29?/m1/s1. The summed E-state index contributed by atoms with van der Waals surface area (Å²) < 4.78 is 29.9. The van der Waals surface area contributed by atoms with E-state index in [1.54, 1.807) is 18.2 Å². The largest absolute Gasteiger partial charge is 0.345 e. The molecular formula is C29H36N2O3S. The summed E-state index contributed by atoms with van der Waals surface area (Å²) in [5.41, 5.74) is 2.93.